The van der Waals surface area contributed by atoms with Crippen LogP contribution in [0.25, 0.3) is 10.8 Å². The summed E-state index contributed by atoms with van der Waals surface area (Å²) in [5.74, 6) is 1.11. The number of carbonyl (C=O) groups is 1. The number of primary amides is 1. The van der Waals surface area contributed by atoms with E-state index in [0.717, 1.165) is 42.4 Å². The van der Waals surface area contributed by atoms with Crippen LogP contribution in [0.2, 0.25) is 0 Å². The normalized spacial score (nSPS) is 19.4. The number of anilines is 2. The van der Waals surface area contributed by atoms with Crippen molar-refractivity contribution in [2.45, 2.75) is 17.8 Å². The molecule has 0 spiro atoms. The molecule has 0 aliphatic carbocycles. The zero-order chi connectivity index (χ0) is 22.0. The fourth-order valence-electron chi connectivity index (χ4n) is 4.23. The highest BCUT2D eigenvalue weighted by Gasteiger charge is 2.29. The highest BCUT2D eigenvalue weighted by Crippen LogP contribution is 2.29. The quantitative estimate of drug-likeness (QED) is 0.523. The van der Waals surface area contributed by atoms with E-state index in [2.05, 4.69) is 54.9 Å². The standard InChI is InChI=1S/C23H27BrN6O/c1-29-10-7-17(20(24)14-29)13-30(23-19(22(26)31)3-2-8-28-23)12-15-4-5-18-16(11-15)6-9-27-21(18)25/h2-6,8-9,11,17,20H,7,10,12-14H2,1H3,(H2,25,27)(H2,26,31). The third-order valence-corrected chi connectivity index (χ3v) is 6.96. The Morgan fingerprint density at radius 2 is 2.10 bits per heavy atom. The van der Waals surface area contributed by atoms with Gasteiger partial charge in [0.05, 0.1) is 5.56 Å². The number of likely N-dealkylation sites (tertiary alicyclic amines) is 1. The maximum atomic E-state index is 12.1. The van der Waals surface area contributed by atoms with Crippen LogP contribution in [0.3, 0.4) is 0 Å². The van der Waals surface area contributed by atoms with Gasteiger partial charge in [-0.3, -0.25) is 4.79 Å². The Kier molecular flexibility index (Phi) is 6.38. The van der Waals surface area contributed by atoms with Gasteiger partial charge < -0.3 is 21.3 Å². The predicted octanol–water partition coefficient (Wildman–Crippen LogP) is 3.03. The van der Waals surface area contributed by atoms with E-state index in [1.165, 1.54) is 0 Å². The molecule has 31 heavy (non-hydrogen) atoms. The number of amides is 1. The van der Waals surface area contributed by atoms with E-state index in [1.54, 1.807) is 24.5 Å². The summed E-state index contributed by atoms with van der Waals surface area (Å²) in [4.78, 5) is 25.7. The van der Waals surface area contributed by atoms with Crippen molar-refractivity contribution in [1.82, 2.24) is 14.9 Å². The number of rotatable bonds is 6. The van der Waals surface area contributed by atoms with E-state index >= 15 is 0 Å². The highest BCUT2D eigenvalue weighted by atomic mass is 79.9. The average molecular weight is 483 g/mol. The molecular weight excluding hydrogens is 456 g/mol. The molecule has 0 radical (unpaired) electrons. The van der Waals surface area contributed by atoms with Crippen molar-refractivity contribution in [1.29, 1.82) is 0 Å². The Morgan fingerprint density at radius 3 is 2.87 bits per heavy atom. The van der Waals surface area contributed by atoms with Crippen molar-refractivity contribution in [3.8, 4) is 0 Å². The Hall–Kier alpha value is -2.71. The SMILES string of the molecule is CN1CCC(CN(Cc2ccc3c(N)nccc3c2)c2ncccc2C(N)=O)C(Br)C1. The van der Waals surface area contributed by atoms with Gasteiger partial charge in [-0.25, -0.2) is 9.97 Å². The first-order chi connectivity index (χ1) is 14.9. The van der Waals surface area contributed by atoms with E-state index in [1.807, 2.05) is 12.1 Å². The Bertz CT molecular complexity index is 1090. The molecule has 1 aliphatic heterocycles. The number of pyridine rings is 2. The van der Waals surface area contributed by atoms with Gasteiger partial charge in [0.25, 0.3) is 5.91 Å². The molecular formula is C23H27BrN6O. The first-order valence-electron chi connectivity index (χ1n) is 10.4. The fourth-order valence-corrected chi connectivity index (χ4v) is 5.16. The van der Waals surface area contributed by atoms with Gasteiger partial charge in [0.15, 0.2) is 0 Å². The molecule has 162 valence electrons. The van der Waals surface area contributed by atoms with Crippen molar-refractivity contribution in [2.24, 2.45) is 11.7 Å². The van der Waals surface area contributed by atoms with E-state index in [-0.39, 0.29) is 0 Å². The Balaban J connectivity index is 1.68. The minimum absolute atomic E-state index is 0.372. The van der Waals surface area contributed by atoms with Gasteiger partial charge >= 0.3 is 0 Å². The first-order valence-corrected chi connectivity index (χ1v) is 11.3. The summed E-state index contributed by atoms with van der Waals surface area (Å²) < 4.78 is 0. The summed E-state index contributed by atoms with van der Waals surface area (Å²) in [6.45, 7) is 3.43. The summed E-state index contributed by atoms with van der Waals surface area (Å²) in [7, 11) is 2.14. The number of hydrogen-bond acceptors (Lipinski definition) is 6. The lowest BCUT2D eigenvalue weighted by Gasteiger charge is -2.37. The lowest BCUT2D eigenvalue weighted by molar-refractivity contribution is 0.100. The number of nitrogens with zero attached hydrogens (tertiary/aromatic N) is 4. The smallest absolute Gasteiger partial charge is 0.252 e. The number of nitrogens with two attached hydrogens (primary N) is 2. The van der Waals surface area contributed by atoms with Gasteiger partial charge in [-0.15, -0.1) is 0 Å². The van der Waals surface area contributed by atoms with Crippen LogP contribution in [0.5, 0.6) is 0 Å². The van der Waals surface area contributed by atoms with Crippen molar-refractivity contribution < 1.29 is 4.79 Å². The second kappa shape index (κ2) is 9.20. The van der Waals surface area contributed by atoms with Crippen LogP contribution in [0, 0.1) is 5.92 Å². The molecule has 1 aromatic carbocycles. The first kappa shape index (κ1) is 21.5. The molecule has 1 amide bonds. The lowest BCUT2D eigenvalue weighted by Crippen LogP contribution is -2.44. The second-order valence-electron chi connectivity index (χ2n) is 8.20. The molecule has 0 saturated carbocycles. The molecule has 0 bridgehead atoms. The summed E-state index contributed by atoms with van der Waals surface area (Å²) in [5.41, 5.74) is 13.2. The third-order valence-electron chi connectivity index (χ3n) is 5.92. The van der Waals surface area contributed by atoms with Crippen molar-refractivity contribution in [2.75, 3.05) is 37.3 Å². The molecule has 4 N–H and O–H groups in total. The molecule has 1 aliphatic rings. The van der Waals surface area contributed by atoms with Gasteiger partial charge in [-0.05, 0) is 61.1 Å². The predicted molar refractivity (Wildman–Crippen MR) is 128 cm³/mol. The van der Waals surface area contributed by atoms with Crippen molar-refractivity contribution in [3.05, 3.63) is 59.9 Å². The maximum absolute atomic E-state index is 12.1. The zero-order valence-corrected chi connectivity index (χ0v) is 19.1. The number of halogens is 1. The van der Waals surface area contributed by atoms with Crippen LogP contribution in [0.1, 0.15) is 22.3 Å². The monoisotopic (exact) mass is 482 g/mol. The molecule has 8 heteroatoms. The maximum Gasteiger partial charge on any atom is 0.252 e. The molecule has 2 atom stereocenters. The minimum atomic E-state index is -0.468. The van der Waals surface area contributed by atoms with E-state index in [0.29, 0.717) is 34.5 Å². The largest absolute Gasteiger partial charge is 0.383 e. The zero-order valence-electron chi connectivity index (χ0n) is 17.5. The molecule has 2 unspecified atom stereocenters. The number of fused-ring (bicyclic) bond motifs is 1. The molecule has 1 fully saturated rings. The number of alkyl halides is 1. The van der Waals surface area contributed by atoms with Crippen molar-refractivity contribution >= 4 is 44.2 Å². The van der Waals surface area contributed by atoms with Gasteiger partial charge in [0, 0.05) is 42.2 Å². The number of hydrogen-bond donors (Lipinski definition) is 2. The molecule has 2 aromatic heterocycles. The van der Waals surface area contributed by atoms with Crippen LogP contribution < -0.4 is 16.4 Å². The molecule has 3 heterocycles. The van der Waals surface area contributed by atoms with Gasteiger partial charge in [-0.1, -0.05) is 28.1 Å². The Labute approximate surface area is 190 Å². The summed E-state index contributed by atoms with van der Waals surface area (Å²) >= 11 is 3.87. The molecule has 4 rings (SSSR count). The van der Waals surface area contributed by atoms with Crippen molar-refractivity contribution in [3.63, 3.8) is 0 Å². The van der Waals surface area contributed by atoms with E-state index in [4.69, 9.17) is 11.5 Å². The third kappa shape index (κ3) is 4.80. The molecule has 3 aromatic rings. The summed E-state index contributed by atoms with van der Waals surface area (Å²) in [6, 6.07) is 11.6. The minimum Gasteiger partial charge on any atom is -0.383 e. The molecule has 7 nitrogen and oxygen atoms in total. The van der Waals surface area contributed by atoms with Crippen LogP contribution in [-0.2, 0) is 6.54 Å². The van der Waals surface area contributed by atoms with Crippen LogP contribution in [-0.4, -0.2) is 52.3 Å². The number of carbonyl (C=O) groups excluding carboxylic acids is 1. The summed E-state index contributed by atoms with van der Waals surface area (Å²) in [5, 5.41) is 1.98. The van der Waals surface area contributed by atoms with Crippen LogP contribution >= 0.6 is 15.9 Å². The number of nitrogen functional groups attached to an aromatic ring is 1. The lowest BCUT2D eigenvalue weighted by atomic mass is 9.95. The van der Waals surface area contributed by atoms with Gasteiger partial charge in [0.1, 0.15) is 11.6 Å². The molecule has 1 saturated heterocycles. The average Bonchev–Trinajstić information content (AvgIpc) is 2.75. The van der Waals surface area contributed by atoms with Crippen LogP contribution in [0.15, 0.2) is 48.8 Å². The topological polar surface area (TPSA) is 101 Å². The highest BCUT2D eigenvalue weighted by molar-refractivity contribution is 9.09. The van der Waals surface area contributed by atoms with Crippen LogP contribution in [0.4, 0.5) is 11.6 Å². The van der Waals surface area contributed by atoms with Gasteiger partial charge in [0.2, 0.25) is 0 Å². The van der Waals surface area contributed by atoms with E-state index in [9.17, 15) is 4.79 Å². The Morgan fingerprint density at radius 1 is 1.26 bits per heavy atom. The second-order valence-corrected chi connectivity index (χ2v) is 9.37. The van der Waals surface area contributed by atoms with Gasteiger partial charge in [-0.2, -0.15) is 0 Å². The number of aromatic nitrogens is 2. The summed E-state index contributed by atoms with van der Waals surface area (Å²) in [6.07, 6.45) is 4.50. The number of benzene rings is 1. The fraction of sp³-hybridized carbons (Fsp3) is 0.348. The van der Waals surface area contributed by atoms with E-state index < -0.39 is 5.91 Å². The number of piperidine rings is 1.